The molecule has 0 radical (unpaired) electrons. The molecule has 0 spiro atoms. The Bertz CT molecular complexity index is 668. The molecule has 2 aromatic rings. The number of ether oxygens (including phenoxy) is 1. The maximum Gasteiger partial charge on any atom is 0.250 e. The molecule has 0 unspecified atom stereocenters. The second-order valence-electron chi connectivity index (χ2n) is 4.54. The molecule has 102 valence electrons. The summed E-state index contributed by atoms with van der Waals surface area (Å²) in [6.45, 7) is 6.51. The van der Waals surface area contributed by atoms with Gasteiger partial charge in [-0.05, 0) is 19.1 Å². The number of amides is 1. The van der Waals surface area contributed by atoms with E-state index in [4.69, 9.17) is 4.74 Å². The number of benzene rings is 1. The van der Waals surface area contributed by atoms with Gasteiger partial charge in [-0.3, -0.25) is 4.79 Å². The van der Waals surface area contributed by atoms with Crippen LogP contribution in [0.2, 0.25) is 0 Å². The molecule has 4 nitrogen and oxygen atoms in total. The molecule has 19 heavy (non-hydrogen) atoms. The van der Waals surface area contributed by atoms with Gasteiger partial charge in [0.25, 0.3) is 5.91 Å². The Morgan fingerprint density at radius 2 is 2.21 bits per heavy atom. The molecule has 1 aromatic heterocycles. The largest absolute Gasteiger partial charge is 0.495 e. The third-order valence-corrected chi connectivity index (χ3v) is 3.94. The quantitative estimate of drug-likeness (QED) is 0.866. The van der Waals surface area contributed by atoms with Crippen molar-refractivity contribution in [2.24, 2.45) is 10.9 Å². The molecule has 2 rings (SSSR count). The maximum absolute atomic E-state index is 11.8. The average Bonchev–Trinajstić information content (AvgIpc) is 2.75. The van der Waals surface area contributed by atoms with Crippen molar-refractivity contribution in [1.29, 1.82) is 0 Å². The van der Waals surface area contributed by atoms with Crippen LogP contribution >= 0.6 is 11.3 Å². The predicted molar refractivity (Wildman–Crippen MR) is 77.4 cm³/mol. The van der Waals surface area contributed by atoms with Crippen LogP contribution in [0.4, 0.5) is 0 Å². The normalized spacial score (nSPS) is 12.4. The third-order valence-electron chi connectivity index (χ3n) is 2.90. The second-order valence-corrected chi connectivity index (χ2v) is 5.55. The van der Waals surface area contributed by atoms with E-state index < -0.39 is 0 Å². The average molecular weight is 278 g/mol. The van der Waals surface area contributed by atoms with Gasteiger partial charge in [-0.25, -0.2) is 0 Å². The summed E-state index contributed by atoms with van der Waals surface area (Å²) in [5.41, 5.74) is 1.01. The first-order chi connectivity index (χ1) is 9.08. The van der Waals surface area contributed by atoms with Crippen LogP contribution in [-0.2, 0) is 11.3 Å². The highest BCUT2D eigenvalue weighted by Crippen LogP contribution is 2.27. The van der Waals surface area contributed by atoms with Crippen LogP contribution in [0.15, 0.2) is 23.2 Å². The van der Waals surface area contributed by atoms with Crippen LogP contribution < -0.4 is 9.54 Å². The van der Waals surface area contributed by atoms with Gasteiger partial charge in [-0.1, -0.05) is 31.3 Å². The Balaban J connectivity index is 2.73. The maximum atomic E-state index is 11.8. The third kappa shape index (κ3) is 2.56. The highest BCUT2D eigenvalue weighted by molar-refractivity contribution is 7.16. The van der Waals surface area contributed by atoms with Gasteiger partial charge in [0.1, 0.15) is 11.3 Å². The minimum Gasteiger partial charge on any atom is -0.495 e. The lowest BCUT2D eigenvalue weighted by atomic mass is 10.2. The molecule has 1 heterocycles. The van der Waals surface area contributed by atoms with Crippen molar-refractivity contribution >= 4 is 27.5 Å². The van der Waals surface area contributed by atoms with Crippen LogP contribution in [0.3, 0.4) is 0 Å². The predicted octanol–water partition coefficient (Wildman–Crippen LogP) is 2.81. The van der Waals surface area contributed by atoms with Crippen molar-refractivity contribution in [3.63, 3.8) is 0 Å². The summed E-state index contributed by atoms with van der Waals surface area (Å²) in [6.07, 6.45) is 0. The summed E-state index contributed by atoms with van der Waals surface area (Å²) >= 11 is 1.52. The molecule has 0 aliphatic heterocycles. The first-order valence-electron chi connectivity index (χ1n) is 6.33. The van der Waals surface area contributed by atoms with E-state index in [9.17, 15) is 4.79 Å². The number of fused-ring (bicyclic) bond motifs is 1. The number of nitrogens with zero attached hydrogens (tertiary/aromatic N) is 2. The highest BCUT2D eigenvalue weighted by Gasteiger charge is 2.12. The molecular formula is C14H18N2O2S. The Labute approximate surface area is 116 Å². The van der Waals surface area contributed by atoms with E-state index in [0.29, 0.717) is 0 Å². The molecule has 0 aliphatic rings. The van der Waals surface area contributed by atoms with E-state index in [-0.39, 0.29) is 11.8 Å². The van der Waals surface area contributed by atoms with Crippen molar-refractivity contribution in [2.75, 3.05) is 7.11 Å². The van der Waals surface area contributed by atoms with E-state index in [1.165, 1.54) is 11.3 Å². The van der Waals surface area contributed by atoms with Crippen molar-refractivity contribution in [3.05, 3.63) is 23.0 Å². The number of methoxy groups -OCH3 is 1. The summed E-state index contributed by atoms with van der Waals surface area (Å²) in [7, 11) is 1.66. The number of carbonyl (C=O) groups excluding carboxylic acids is 1. The summed E-state index contributed by atoms with van der Waals surface area (Å²) in [4.78, 5) is 16.8. The second kappa shape index (κ2) is 5.57. The van der Waals surface area contributed by atoms with Crippen molar-refractivity contribution in [1.82, 2.24) is 4.57 Å². The van der Waals surface area contributed by atoms with Crippen molar-refractivity contribution in [2.45, 2.75) is 27.3 Å². The number of hydrogen-bond acceptors (Lipinski definition) is 3. The van der Waals surface area contributed by atoms with E-state index in [1.807, 2.05) is 43.5 Å². The number of thiazole rings is 1. The summed E-state index contributed by atoms with van der Waals surface area (Å²) in [6, 6.07) is 5.90. The Kier molecular flexibility index (Phi) is 4.04. The van der Waals surface area contributed by atoms with Crippen LogP contribution in [0.25, 0.3) is 10.2 Å². The summed E-state index contributed by atoms with van der Waals surface area (Å²) < 4.78 is 8.50. The topological polar surface area (TPSA) is 43.6 Å². The van der Waals surface area contributed by atoms with Gasteiger partial charge < -0.3 is 9.30 Å². The van der Waals surface area contributed by atoms with Gasteiger partial charge in [0.2, 0.25) is 0 Å². The fourth-order valence-corrected chi connectivity index (χ4v) is 2.98. The minimum atomic E-state index is -0.0901. The van der Waals surface area contributed by atoms with E-state index in [2.05, 4.69) is 4.99 Å². The Hall–Kier alpha value is -1.62. The minimum absolute atomic E-state index is 0.0857. The molecular weight excluding hydrogens is 260 g/mol. The number of carbonyl (C=O) groups is 1. The highest BCUT2D eigenvalue weighted by atomic mass is 32.1. The number of para-hydroxylation sites is 1. The number of aromatic nitrogens is 1. The van der Waals surface area contributed by atoms with Gasteiger partial charge >= 0.3 is 0 Å². The molecule has 5 heteroatoms. The summed E-state index contributed by atoms with van der Waals surface area (Å²) in [5.74, 6) is 0.638. The van der Waals surface area contributed by atoms with Gasteiger partial charge in [0.15, 0.2) is 4.80 Å². The number of hydrogen-bond donors (Lipinski definition) is 0. The fourth-order valence-electron chi connectivity index (χ4n) is 1.86. The van der Waals surface area contributed by atoms with E-state index in [1.54, 1.807) is 7.11 Å². The number of aryl methyl sites for hydroxylation is 1. The zero-order valence-electron chi connectivity index (χ0n) is 11.6. The molecule has 0 fully saturated rings. The Morgan fingerprint density at radius 1 is 1.47 bits per heavy atom. The van der Waals surface area contributed by atoms with Gasteiger partial charge in [0, 0.05) is 12.5 Å². The molecule has 1 aromatic carbocycles. The molecule has 0 bridgehead atoms. The fraction of sp³-hybridized carbons (Fsp3) is 0.429. The van der Waals surface area contributed by atoms with Crippen LogP contribution in [0, 0.1) is 5.92 Å². The van der Waals surface area contributed by atoms with E-state index >= 15 is 0 Å². The first kappa shape index (κ1) is 13.8. The van der Waals surface area contributed by atoms with E-state index in [0.717, 1.165) is 27.3 Å². The van der Waals surface area contributed by atoms with Gasteiger partial charge in [0.05, 0.1) is 11.8 Å². The van der Waals surface area contributed by atoms with Gasteiger partial charge in [-0.2, -0.15) is 4.99 Å². The molecule has 1 amide bonds. The zero-order valence-corrected chi connectivity index (χ0v) is 12.5. The van der Waals surface area contributed by atoms with Crippen molar-refractivity contribution in [3.8, 4) is 5.75 Å². The molecule has 0 aliphatic carbocycles. The monoisotopic (exact) mass is 278 g/mol. The lowest BCUT2D eigenvalue weighted by molar-refractivity contribution is -0.120. The zero-order chi connectivity index (χ0) is 14.0. The number of rotatable bonds is 3. The molecule has 0 atom stereocenters. The first-order valence-corrected chi connectivity index (χ1v) is 7.15. The Morgan fingerprint density at radius 3 is 2.79 bits per heavy atom. The molecule has 0 saturated carbocycles. The lowest BCUT2D eigenvalue weighted by Crippen LogP contribution is -2.17. The van der Waals surface area contributed by atoms with Crippen LogP contribution in [-0.4, -0.2) is 17.6 Å². The van der Waals surface area contributed by atoms with Crippen molar-refractivity contribution < 1.29 is 9.53 Å². The summed E-state index contributed by atoms with van der Waals surface area (Å²) in [5, 5.41) is 0. The van der Waals surface area contributed by atoms with Gasteiger partial charge in [-0.15, -0.1) is 0 Å². The van der Waals surface area contributed by atoms with Crippen LogP contribution in [0.5, 0.6) is 5.75 Å². The standard InChI is InChI=1S/C14H18N2O2S/c1-5-16-12-10(18-4)7-6-8-11(12)19-14(16)15-13(17)9(2)3/h6-9H,5H2,1-4H3. The van der Waals surface area contributed by atoms with Crippen LogP contribution in [0.1, 0.15) is 20.8 Å². The smallest absolute Gasteiger partial charge is 0.250 e. The molecule has 0 N–H and O–H groups in total. The molecule has 0 saturated heterocycles. The SMILES string of the molecule is CCn1c(=NC(=O)C(C)C)sc2cccc(OC)c21. The lowest BCUT2D eigenvalue weighted by Gasteiger charge is -2.05.